The number of nitrogens with zero attached hydrogens (tertiary/aromatic N) is 3. The molecule has 0 saturated carbocycles. The molecule has 0 bridgehead atoms. The van der Waals surface area contributed by atoms with E-state index in [4.69, 9.17) is 9.47 Å². The summed E-state index contributed by atoms with van der Waals surface area (Å²) in [6.07, 6.45) is 4.52. The number of aliphatic imine (C=N–C) groups is 1. The molecule has 11 heteroatoms. The fourth-order valence-corrected chi connectivity index (χ4v) is 5.36. The van der Waals surface area contributed by atoms with Crippen LogP contribution in [0.2, 0.25) is 0 Å². The van der Waals surface area contributed by atoms with E-state index in [9.17, 15) is 30.4 Å². The molecular formula is C38H51N3O8. The summed E-state index contributed by atoms with van der Waals surface area (Å²) in [6, 6.07) is 12.2. The van der Waals surface area contributed by atoms with Crippen molar-refractivity contribution >= 4 is 17.6 Å². The number of nitro benzene ring substituents is 2. The van der Waals surface area contributed by atoms with Crippen molar-refractivity contribution < 1.29 is 29.5 Å². The largest absolute Gasteiger partial charge is 0.502 e. The van der Waals surface area contributed by atoms with E-state index in [0.29, 0.717) is 41.9 Å². The Morgan fingerprint density at radius 3 is 1.65 bits per heavy atom. The van der Waals surface area contributed by atoms with Gasteiger partial charge in [0, 0.05) is 29.0 Å². The maximum absolute atomic E-state index is 13.4. The molecule has 3 aromatic carbocycles. The molecule has 0 heterocycles. The number of ether oxygens (including phenoxy) is 2. The third kappa shape index (κ3) is 9.14. The fourth-order valence-electron chi connectivity index (χ4n) is 5.36. The van der Waals surface area contributed by atoms with Gasteiger partial charge in [0.15, 0.2) is 0 Å². The number of aromatic hydroxyl groups is 1. The van der Waals surface area contributed by atoms with Crippen molar-refractivity contribution in [3.05, 3.63) is 96.6 Å². The summed E-state index contributed by atoms with van der Waals surface area (Å²) in [6.45, 7) is 19.1. The minimum absolute atomic E-state index is 0.235. The minimum atomic E-state index is -1.91. The Hall–Kier alpha value is -4.51. The van der Waals surface area contributed by atoms with Crippen LogP contribution in [0.5, 0.6) is 17.2 Å². The number of hydrogen-bond acceptors (Lipinski definition) is 9. The molecule has 0 radical (unpaired) electrons. The van der Waals surface area contributed by atoms with Crippen LogP contribution in [0.1, 0.15) is 116 Å². The first-order chi connectivity index (χ1) is 22.9. The van der Waals surface area contributed by atoms with Gasteiger partial charge in [-0.05, 0) is 66.0 Å². The highest BCUT2D eigenvalue weighted by atomic mass is 16.6. The van der Waals surface area contributed by atoms with Crippen molar-refractivity contribution in [1.82, 2.24) is 0 Å². The zero-order valence-corrected chi connectivity index (χ0v) is 30.2. The van der Waals surface area contributed by atoms with E-state index in [0.717, 1.165) is 49.1 Å². The SMILES string of the molecule is CCCCOc1ccc(C(C)(C)C)cc1C(O)(c1cc(C(C)(C)C)ccc1OCCCC)[C@@H](C)N=Cc1cc([N+](=O)[O-])cc([N+](=O)[O-])c1O. The number of non-ortho nitro benzene ring substituents is 1. The van der Waals surface area contributed by atoms with Gasteiger partial charge in [0.2, 0.25) is 5.75 Å². The normalized spacial score (nSPS) is 13.0. The topological polar surface area (TPSA) is 158 Å². The van der Waals surface area contributed by atoms with Crippen LogP contribution in [0.4, 0.5) is 11.4 Å². The highest BCUT2D eigenvalue weighted by molar-refractivity contribution is 5.87. The van der Waals surface area contributed by atoms with Crippen LogP contribution in [0.15, 0.2) is 53.5 Å². The van der Waals surface area contributed by atoms with Crippen LogP contribution < -0.4 is 9.47 Å². The number of nitro groups is 2. The van der Waals surface area contributed by atoms with Crippen LogP contribution in [-0.4, -0.2) is 45.5 Å². The Labute approximate surface area is 289 Å². The van der Waals surface area contributed by atoms with Crippen LogP contribution in [-0.2, 0) is 16.4 Å². The minimum Gasteiger partial charge on any atom is -0.502 e. The first kappa shape index (κ1) is 38.9. The van der Waals surface area contributed by atoms with Crippen molar-refractivity contribution in [1.29, 1.82) is 0 Å². The van der Waals surface area contributed by atoms with E-state index >= 15 is 0 Å². The molecule has 1 atom stereocenters. The van der Waals surface area contributed by atoms with Gasteiger partial charge in [-0.3, -0.25) is 25.2 Å². The molecule has 0 fully saturated rings. The molecule has 2 N–H and O–H groups in total. The maximum atomic E-state index is 13.4. The summed E-state index contributed by atoms with van der Waals surface area (Å²) >= 11 is 0. The lowest BCUT2D eigenvalue weighted by Crippen LogP contribution is -2.39. The van der Waals surface area contributed by atoms with Gasteiger partial charge in [0.05, 0.1) is 35.2 Å². The maximum Gasteiger partial charge on any atom is 0.318 e. The molecular weight excluding hydrogens is 626 g/mol. The van der Waals surface area contributed by atoms with E-state index in [1.165, 1.54) is 0 Å². The van der Waals surface area contributed by atoms with E-state index in [2.05, 4.69) is 60.4 Å². The monoisotopic (exact) mass is 677 g/mol. The van der Waals surface area contributed by atoms with E-state index in [-0.39, 0.29) is 16.4 Å². The van der Waals surface area contributed by atoms with Crippen LogP contribution >= 0.6 is 0 Å². The molecule has 3 aromatic rings. The predicted octanol–water partition coefficient (Wildman–Crippen LogP) is 8.90. The Bertz CT molecular complexity index is 1600. The molecule has 0 amide bonds. The van der Waals surface area contributed by atoms with E-state index in [1.807, 2.05) is 36.4 Å². The van der Waals surface area contributed by atoms with Gasteiger partial charge in [0.25, 0.3) is 5.69 Å². The van der Waals surface area contributed by atoms with Gasteiger partial charge in [-0.1, -0.05) is 80.4 Å². The number of unbranched alkanes of at least 4 members (excludes halogenated alkanes) is 2. The molecule has 0 unspecified atom stereocenters. The Morgan fingerprint density at radius 1 is 0.796 bits per heavy atom. The average Bonchev–Trinajstić information content (AvgIpc) is 3.02. The standard InChI is InChI=1S/C38H51N3O8/c1-10-12-18-48-33-16-14-27(36(4,5)6)21-30(33)38(43,31-22-28(37(7,8)9)15-17-34(31)49-19-13-11-2)25(3)39-24-26-20-29(40(44)45)23-32(35(26)42)41(46)47/h14-17,20-25,42-43H,10-13,18-19H2,1-9H3/t25-/m1/s1. The van der Waals surface area contributed by atoms with Crippen molar-refractivity contribution in [3.63, 3.8) is 0 Å². The predicted molar refractivity (Wildman–Crippen MR) is 193 cm³/mol. The third-order valence-corrected chi connectivity index (χ3v) is 8.58. The van der Waals surface area contributed by atoms with E-state index in [1.54, 1.807) is 6.92 Å². The quantitative estimate of drug-likeness (QED) is 0.0698. The van der Waals surface area contributed by atoms with Gasteiger partial charge in [-0.2, -0.15) is 0 Å². The zero-order chi connectivity index (χ0) is 36.7. The number of phenolic OH excluding ortho intramolecular Hbond substituents is 1. The first-order valence-corrected chi connectivity index (χ1v) is 16.8. The highest BCUT2D eigenvalue weighted by Crippen LogP contribution is 2.46. The smallest absolute Gasteiger partial charge is 0.318 e. The summed E-state index contributed by atoms with van der Waals surface area (Å²) in [4.78, 5) is 26.2. The second kappa shape index (κ2) is 15.8. The fraction of sp³-hybridized carbons (Fsp3) is 0.500. The van der Waals surface area contributed by atoms with Gasteiger partial charge in [-0.25, -0.2) is 0 Å². The van der Waals surface area contributed by atoms with Crippen molar-refractivity contribution in [3.8, 4) is 17.2 Å². The molecule has 11 nitrogen and oxygen atoms in total. The summed E-state index contributed by atoms with van der Waals surface area (Å²) in [5.74, 6) is 0.146. The van der Waals surface area contributed by atoms with Gasteiger partial charge in [0.1, 0.15) is 17.1 Å². The number of aliphatic hydroxyl groups is 1. The van der Waals surface area contributed by atoms with E-state index < -0.39 is 38.6 Å². The van der Waals surface area contributed by atoms with Crippen LogP contribution in [0.25, 0.3) is 0 Å². The van der Waals surface area contributed by atoms with Crippen molar-refractivity contribution in [2.24, 2.45) is 4.99 Å². The summed E-state index contributed by atoms with van der Waals surface area (Å²) in [7, 11) is 0. The van der Waals surface area contributed by atoms with Crippen LogP contribution in [0, 0.1) is 20.2 Å². The summed E-state index contributed by atoms with van der Waals surface area (Å²) in [5, 5.41) is 47.4. The van der Waals surface area contributed by atoms with Gasteiger partial charge >= 0.3 is 5.69 Å². The average molecular weight is 678 g/mol. The van der Waals surface area contributed by atoms with Crippen molar-refractivity contribution in [2.45, 2.75) is 110 Å². The highest BCUT2D eigenvalue weighted by Gasteiger charge is 2.44. The van der Waals surface area contributed by atoms with Crippen molar-refractivity contribution in [2.75, 3.05) is 13.2 Å². The zero-order valence-electron chi connectivity index (χ0n) is 30.2. The second-order valence-corrected chi connectivity index (χ2v) is 14.5. The number of rotatable bonds is 15. The lowest BCUT2D eigenvalue weighted by Gasteiger charge is -2.37. The Kier molecular flexibility index (Phi) is 12.6. The molecule has 49 heavy (non-hydrogen) atoms. The third-order valence-electron chi connectivity index (χ3n) is 8.58. The van der Waals surface area contributed by atoms with Crippen LogP contribution in [0.3, 0.4) is 0 Å². The Balaban J connectivity index is 2.44. The Morgan fingerprint density at radius 2 is 1.27 bits per heavy atom. The lowest BCUT2D eigenvalue weighted by molar-refractivity contribution is -0.394. The van der Waals surface area contributed by atoms with Gasteiger partial charge in [-0.15, -0.1) is 0 Å². The number of benzene rings is 3. The summed E-state index contributed by atoms with van der Waals surface area (Å²) in [5.41, 5.74) is -1.39. The first-order valence-electron chi connectivity index (χ1n) is 16.8. The lowest BCUT2D eigenvalue weighted by atomic mass is 9.75. The molecule has 0 saturated heterocycles. The summed E-state index contributed by atoms with van der Waals surface area (Å²) < 4.78 is 12.6. The molecule has 0 aromatic heterocycles. The second-order valence-electron chi connectivity index (χ2n) is 14.5. The molecule has 266 valence electrons. The molecule has 0 aliphatic rings. The number of hydrogen-bond donors (Lipinski definition) is 2. The molecule has 0 aliphatic heterocycles. The van der Waals surface area contributed by atoms with Gasteiger partial charge < -0.3 is 19.7 Å². The molecule has 0 spiro atoms. The molecule has 0 aliphatic carbocycles. The molecule has 3 rings (SSSR count). The number of phenols is 1.